The maximum absolute atomic E-state index is 10.4. The lowest BCUT2D eigenvalue weighted by Gasteiger charge is -1.89. The van der Waals surface area contributed by atoms with Crippen LogP contribution in [0.5, 0.6) is 11.5 Å². The molecule has 0 saturated heterocycles. The fourth-order valence-electron chi connectivity index (χ4n) is 0.462. The minimum atomic E-state index is -0.756. The molecule has 0 aliphatic rings. The first-order valence-corrected chi connectivity index (χ1v) is 2.31. The van der Waals surface area contributed by atoms with Gasteiger partial charge in [-0.15, -0.1) is 0 Å². The summed E-state index contributed by atoms with van der Waals surface area (Å²) in [6.45, 7) is 0. The lowest BCUT2D eigenvalue weighted by molar-refractivity contribution is 0.437. The number of aromatic nitrogens is 1. The summed E-state index contributed by atoms with van der Waals surface area (Å²) in [6.07, 6.45) is 2.20. The summed E-state index contributed by atoms with van der Waals surface area (Å²) in [5.74, 6) is -0.954. The maximum atomic E-state index is 10.4. The second-order valence-electron chi connectivity index (χ2n) is 1.55. The summed E-state index contributed by atoms with van der Waals surface area (Å²) in [4.78, 5) is 12.8. The second-order valence-corrected chi connectivity index (χ2v) is 1.55. The van der Waals surface area contributed by atoms with Crippen molar-refractivity contribution in [2.75, 3.05) is 0 Å². The molecule has 0 amide bonds. The molecule has 0 aliphatic carbocycles. The highest BCUT2D eigenvalue weighted by molar-refractivity contribution is 5.25. The molecule has 48 valence electrons. The van der Waals surface area contributed by atoms with Gasteiger partial charge >= 0.3 is 0 Å². The number of H-pyrrole nitrogens is 1. The summed E-state index contributed by atoms with van der Waals surface area (Å²) in [5.41, 5.74) is -0.756. The van der Waals surface area contributed by atoms with E-state index in [0.29, 0.717) is 0 Å². The average molecular weight is 127 g/mol. The van der Waals surface area contributed by atoms with Gasteiger partial charge in [0.25, 0.3) is 5.43 Å². The van der Waals surface area contributed by atoms with E-state index in [1.165, 1.54) is 0 Å². The van der Waals surface area contributed by atoms with E-state index in [1.54, 1.807) is 0 Å². The fourth-order valence-corrected chi connectivity index (χ4v) is 0.462. The molecule has 9 heavy (non-hydrogen) atoms. The summed E-state index contributed by atoms with van der Waals surface area (Å²) < 4.78 is 0. The lowest BCUT2D eigenvalue weighted by Crippen LogP contribution is -1.98. The molecular weight excluding hydrogens is 122 g/mol. The number of aromatic hydroxyl groups is 2. The predicted molar refractivity (Wildman–Crippen MR) is 30.4 cm³/mol. The van der Waals surface area contributed by atoms with Gasteiger partial charge in [-0.25, -0.2) is 0 Å². The Hall–Kier alpha value is -1.45. The molecular formula is C5H5NO3. The molecule has 0 fully saturated rings. The lowest BCUT2D eigenvalue weighted by atomic mass is 10.4. The van der Waals surface area contributed by atoms with E-state index in [0.717, 1.165) is 12.4 Å². The first-order valence-electron chi connectivity index (χ1n) is 2.31. The number of rotatable bonds is 0. The second kappa shape index (κ2) is 1.81. The molecule has 3 N–H and O–H groups in total. The molecule has 0 unspecified atom stereocenters. The molecule has 0 bridgehead atoms. The third-order valence-corrected chi connectivity index (χ3v) is 0.905. The molecule has 1 aromatic rings. The van der Waals surface area contributed by atoms with Crippen LogP contribution in [0.4, 0.5) is 0 Å². The van der Waals surface area contributed by atoms with Crippen LogP contribution in [-0.2, 0) is 0 Å². The minimum absolute atomic E-state index is 0.477. The smallest absolute Gasteiger partial charge is 0.264 e. The third kappa shape index (κ3) is 0.861. The van der Waals surface area contributed by atoms with E-state index >= 15 is 0 Å². The Kier molecular flexibility index (Phi) is 1.14. The van der Waals surface area contributed by atoms with Gasteiger partial charge in [0.1, 0.15) is 0 Å². The van der Waals surface area contributed by atoms with Crippen LogP contribution in [0.1, 0.15) is 0 Å². The molecule has 1 heterocycles. The van der Waals surface area contributed by atoms with Gasteiger partial charge in [-0.3, -0.25) is 4.79 Å². The van der Waals surface area contributed by atoms with Crippen LogP contribution in [0, 0.1) is 0 Å². The first-order chi connectivity index (χ1) is 4.22. The zero-order valence-corrected chi connectivity index (χ0v) is 4.46. The molecule has 0 saturated carbocycles. The van der Waals surface area contributed by atoms with Crippen molar-refractivity contribution in [3.8, 4) is 11.5 Å². The zero-order chi connectivity index (χ0) is 6.85. The average Bonchev–Trinajstić information content (AvgIpc) is 1.83. The Balaban J connectivity index is 3.43. The van der Waals surface area contributed by atoms with E-state index < -0.39 is 16.9 Å². The fraction of sp³-hybridized carbons (Fsp3) is 0. The van der Waals surface area contributed by atoms with Gasteiger partial charge in [0, 0.05) is 12.4 Å². The van der Waals surface area contributed by atoms with Crippen LogP contribution in [0.3, 0.4) is 0 Å². The van der Waals surface area contributed by atoms with Crippen molar-refractivity contribution in [3.63, 3.8) is 0 Å². The number of aromatic amines is 1. The Morgan fingerprint density at radius 1 is 1.22 bits per heavy atom. The highest BCUT2D eigenvalue weighted by Gasteiger charge is 1.98. The topological polar surface area (TPSA) is 73.3 Å². The first kappa shape index (κ1) is 5.68. The van der Waals surface area contributed by atoms with Crippen LogP contribution < -0.4 is 5.43 Å². The van der Waals surface area contributed by atoms with Crippen molar-refractivity contribution in [1.29, 1.82) is 0 Å². The number of hydrogen-bond donors (Lipinski definition) is 3. The van der Waals surface area contributed by atoms with Crippen LogP contribution in [0.25, 0.3) is 0 Å². The molecule has 0 radical (unpaired) electrons. The van der Waals surface area contributed by atoms with Gasteiger partial charge < -0.3 is 15.2 Å². The highest BCUT2D eigenvalue weighted by Crippen LogP contribution is 2.02. The van der Waals surface area contributed by atoms with Gasteiger partial charge in [0.15, 0.2) is 11.5 Å². The van der Waals surface area contributed by atoms with Gasteiger partial charge in [-0.2, -0.15) is 0 Å². The number of pyridine rings is 1. The van der Waals surface area contributed by atoms with E-state index in [-0.39, 0.29) is 0 Å². The monoisotopic (exact) mass is 127 g/mol. The number of hydrogen-bond acceptors (Lipinski definition) is 3. The van der Waals surface area contributed by atoms with Crippen molar-refractivity contribution in [3.05, 3.63) is 22.6 Å². The Bertz CT molecular complexity index is 242. The largest absolute Gasteiger partial charge is 0.503 e. The quantitative estimate of drug-likeness (QED) is 0.451. The molecule has 0 aromatic carbocycles. The maximum Gasteiger partial charge on any atom is 0.264 e. The summed E-state index contributed by atoms with van der Waals surface area (Å²) >= 11 is 0. The molecule has 4 heteroatoms. The zero-order valence-electron chi connectivity index (χ0n) is 4.46. The van der Waals surface area contributed by atoms with Crippen LogP contribution in [0.2, 0.25) is 0 Å². The van der Waals surface area contributed by atoms with Gasteiger partial charge in [-0.05, 0) is 0 Å². The van der Waals surface area contributed by atoms with Crippen molar-refractivity contribution >= 4 is 0 Å². The molecule has 1 rings (SSSR count). The standard InChI is InChI=1S/C5H5NO3/c7-3-1-6-2-4(8)5(3)9/h1-2,7-8H,(H,6,9). The Labute approximate surface area is 50.4 Å². The van der Waals surface area contributed by atoms with Gasteiger partial charge in [0.2, 0.25) is 0 Å². The Morgan fingerprint density at radius 3 is 2.00 bits per heavy atom. The summed E-state index contributed by atoms with van der Waals surface area (Å²) in [6, 6.07) is 0. The molecule has 4 nitrogen and oxygen atoms in total. The predicted octanol–water partition coefficient (Wildman–Crippen LogP) is -0.214. The SMILES string of the molecule is O=c1c(O)c[nH]cc1O. The molecule has 0 spiro atoms. The van der Waals surface area contributed by atoms with Crippen molar-refractivity contribution < 1.29 is 10.2 Å². The highest BCUT2D eigenvalue weighted by atomic mass is 16.3. The van der Waals surface area contributed by atoms with Crippen molar-refractivity contribution in [2.24, 2.45) is 0 Å². The van der Waals surface area contributed by atoms with Gasteiger partial charge in [-0.1, -0.05) is 0 Å². The van der Waals surface area contributed by atoms with E-state index in [4.69, 9.17) is 10.2 Å². The molecule has 1 aromatic heterocycles. The van der Waals surface area contributed by atoms with E-state index in [2.05, 4.69) is 4.98 Å². The Morgan fingerprint density at radius 2 is 1.67 bits per heavy atom. The number of nitrogens with one attached hydrogen (secondary N) is 1. The minimum Gasteiger partial charge on any atom is -0.503 e. The van der Waals surface area contributed by atoms with Crippen molar-refractivity contribution in [1.82, 2.24) is 4.98 Å². The third-order valence-electron chi connectivity index (χ3n) is 0.905. The van der Waals surface area contributed by atoms with Crippen LogP contribution in [-0.4, -0.2) is 15.2 Å². The van der Waals surface area contributed by atoms with E-state index in [1.807, 2.05) is 0 Å². The van der Waals surface area contributed by atoms with Crippen LogP contribution >= 0.6 is 0 Å². The van der Waals surface area contributed by atoms with Gasteiger partial charge in [0.05, 0.1) is 0 Å². The van der Waals surface area contributed by atoms with Crippen molar-refractivity contribution in [2.45, 2.75) is 0 Å². The summed E-state index contributed by atoms with van der Waals surface area (Å²) in [5, 5.41) is 17.2. The van der Waals surface area contributed by atoms with E-state index in [9.17, 15) is 4.79 Å². The van der Waals surface area contributed by atoms with Crippen LogP contribution in [0.15, 0.2) is 17.2 Å². The molecule has 0 aliphatic heterocycles. The summed E-state index contributed by atoms with van der Waals surface area (Å²) in [7, 11) is 0. The normalized spacial score (nSPS) is 9.33. The molecule has 0 atom stereocenters.